The van der Waals surface area contributed by atoms with Crippen LogP contribution in [0, 0.1) is 0 Å². The van der Waals surface area contributed by atoms with Gasteiger partial charge in [-0.05, 0) is 30.7 Å². The molecule has 3 aromatic rings. The highest BCUT2D eigenvalue weighted by Gasteiger charge is 2.20. The van der Waals surface area contributed by atoms with Crippen molar-refractivity contribution in [3.63, 3.8) is 0 Å². The molecule has 0 fully saturated rings. The SMILES string of the molecule is CC(C)(C)c1noc(CCCC(=O)Nc2ccc(Oc3cnccn3)cc2)n1. The third-order valence-corrected chi connectivity index (χ3v) is 3.83. The van der Waals surface area contributed by atoms with Crippen molar-refractivity contribution >= 4 is 11.6 Å². The molecular weight excluding hydrogens is 358 g/mol. The zero-order valence-corrected chi connectivity index (χ0v) is 16.2. The standard InChI is InChI=1S/C20H23N5O3/c1-20(2,3)19-24-17(28-25-19)6-4-5-16(26)23-14-7-9-15(10-8-14)27-18-13-21-11-12-22-18/h7-13H,4-6H2,1-3H3,(H,23,26). The van der Waals surface area contributed by atoms with E-state index in [1.165, 1.54) is 6.20 Å². The molecule has 0 aliphatic heterocycles. The molecule has 0 atom stereocenters. The van der Waals surface area contributed by atoms with Gasteiger partial charge in [-0.2, -0.15) is 4.98 Å². The Morgan fingerprint density at radius 1 is 1.18 bits per heavy atom. The zero-order valence-electron chi connectivity index (χ0n) is 16.2. The molecule has 0 aliphatic carbocycles. The molecule has 2 heterocycles. The smallest absolute Gasteiger partial charge is 0.237 e. The van der Waals surface area contributed by atoms with Crippen LogP contribution in [0.4, 0.5) is 5.69 Å². The van der Waals surface area contributed by atoms with Gasteiger partial charge in [-0.1, -0.05) is 25.9 Å². The van der Waals surface area contributed by atoms with E-state index in [0.29, 0.717) is 48.3 Å². The quantitative estimate of drug-likeness (QED) is 0.662. The number of aryl methyl sites for hydroxylation is 1. The molecule has 0 radical (unpaired) electrons. The molecule has 3 rings (SSSR count). The summed E-state index contributed by atoms with van der Waals surface area (Å²) in [5.74, 6) is 2.19. The van der Waals surface area contributed by atoms with Gasteiger partial charge in [-0.25, -0.2) is 4.98 Å². The summed E-state index contributed by atoms with van der Waals surface area (Å²) in [6, 6.07) is 7.07. The summed E-state index contributed by atoms with van der Waals surface area (Å²) < 4.78 is 10.8. The van der Waals surface area contributed by atoms with E-state index < -0.39 is 0 Å². The number of benzene rings is 1. The van der Waals surface area contributed by atoms with Gasteiger partial charge in [0.05, 0.1) is 6.20 Å². The molecule has 0 aliphatic rings. The highest BCUT2D eigenvalue weighted by molar-refractivity contribution is 5.90. The van der Waals surface area contributed by atoms with Crippen molar-refractivity contribution in [2.45, 2.75) is 45.4 Å². The molecule has 0 saturated heterocycles. The van der Waals surface area contributed by atoms with Gasteiger partial charge in [0, 0.05) is 36.3 Å². The van der Waals surface area contributed by atoms with Gasteiger partial charge < -0.3 is 14.6 Å². The van der Waals surface area contributed by atoms with Gasteiger partial charge in [-0.15, -0.1) is 0 Å². The number of nitrogens with zero attached hydrogens (tertiary/aromatic N) is 4. The Kier molecular flexibility index (Phi) is 5.98. The van der Waals surface area contributed by atoms with E-state index in [1.54, 1.807) is 36.7 Å². The second-order valence-electron chi connectivity index (χ2n) is 7.33. The highest BCUT2D eigenvalue weighted by Crippen LogP contribution is 2.21. The van der Waals surface area contributed by atoms with Crippen molar-refractivity contribution < 1.29 is 14.1 Å². The van der Waals surface area contributed by atoms with Crippen LogP contribution in [-0.4, -0.2) is 26.0 Å². The van der Waals surface area contributed by atoms with Gasteiger partial charge in [0.1, 0.15) is 5.75 Å². The normalized spacial score (nSPS) is 11.2. The first kappa shape index (κ1) is 19.5. The average molecular weight is 381 g/mol. The molecular formula is C20H23N5O3. The van der Waals surface area contributed by atoms with Gasteiger partial charge in [0.2, 0.25) is 17.7 Å². The summed E-state index contributed by atoms with van der Waals surface area (Å²) in [6.45, 7) is 6.08. The molecule has 8 heteroatoms. The molecule has 0 unspecified atom stereocenters. The Morgan fingerprint density at radius 3 is 2.61 bits per heavy atom. The Labute approximate surface area is 163 Å². The minimum atomic E-state index is -0.151. The van der Waals surface area contributed by atoms with Crippen molar-refractivity contribution in [3.8, 4) is 11.6 Å². The molecule has 146 valence electrons. The highest BCUT2D eigenvalue weighted by atomic mass is 16.5. The van der Waals surface area contributed by atoms with Crippen LogP contribution in [0.2, 0.25) is 0 Å². The number of amides is 1. The van der Waals surface area contributed by atoms with Crippen LogP contribution in [-0.2, 0) is 16.6 Å². The van der Waals surface area contributed by atoms with Crippen molar-refractivity contribution in [2.24, 2.45) is 0 Å². The number of carbonyl (C=O) groups is 1. The number of carbonyl (C=O) groups excluding carboxylic acids is 1. The van der Waals surface area contributed by atoms with Gasteiger partial charge in [0.25, 0.3) is 0 Å². The van der Waals surface area contributed by atoms with Gasteiger partial charge in [-0.3, -0.25) is 9.78 Å². The Hall–Kier alpha value is -3.29. The minimum Gasteiger partial charge on any atom is -0.438 e. The molecule has 8 nitrogen and oxygen atoms in total. The van der Waals surface area contributed by atoms with Gasteiger partial charge >= 0.3 is 0 Å². The first-order valence-electron chi connectivity index (χ1n) is 9.07. The zero-order chi connectivity index (χ0) is 20.0. The number of nitrogens with one attached hydrogen (secondary N) is 1. The van der Waals surface area contributed by atoms with E-state index in [0.717, 1.165) is 0 Å². The second kappa shape index (κ2) is 8.60. The van der Waals surface area contributed by atoms with Crippen LogP contribution < -0.4 is 10.1 Å². The monoisotopic (exact) mass is 381 g/mol. The molecule has 0 spiro atoms. The largest absolute Gasteiger partial charge is 0.438 e. The Bertz CT molecular complexity index is 902. The predicted molar refractivity (Wildman–Crippen MR) is 103 cm³/mol. The van der Waals surface area contributed by atoms with E-state index in [1.807, 2.05) is 20.8 Å². The number of aromatic nitrogens is 4. The number of hydrogen-bond acceptors (Lipinski definition) is 7. The van der Waals surface area contributed by atoms with Crippen LogP contribution in [0.5, 0.6) is 11.6 Å². The first-order valence-corrected chi connectivity index (χ1v) is 9.07. The lowest BCUT2D eigenvalue weighted by atomic mass is 9.96. The second-order valence-corrected chi connectivity index (χ2v) is 7.33. The molecule has 28 heavy (non-hydrogen) atoms. The van der Waals surface area contributed by atoms with Crippen molar-refractivity contribution in [1.82, 2.24) is 20.1 Å². The van der Waals surface area contributed by atoms with E-state index >= 15 is 0 Å². The lowest BCUT2D eigenvalue weighted by Crippen LogP contribution is -2.13. The fraction of sp³-hybridized carbons (Fsp3) is 0.350. The van der Waals surface area contributed by atoms with Crippen molar-refractivity contribution in [3.05, 3.63) is 54.6 Å². The molecule has 1 aromatic carbocycles. The molecule has 2 aromatic heterocycles. The van der Waals surface area contributed by atoms with Crippen LogP contribution >= 0.6 is 0 Å². The van der Waals surface area contributed by atoms with Crippen LogP contribution in [0.25, 0.3) is 0 Å². The van der Waals surface area contributed by atoms with Crippen LogP contribution in [0.1, 0.15) is 45.3 Å². The summed E-state index contributed by atoms with van der Waals surface area (Å²) in [7, 11) is 0. The summed E-state index contributed by atoms with van der Waals surface area (Å²) in [6.07, 6.45) is 6.23. The number of anilines is 1. The summed E-state index contributed by atoms with van der Waals surface area (Å²) >= 11 is 0. The maximum absolute atomic E-state index is 12.1. The first-order chi connectivity index (χ1) is 13.4. The number of hydrogen-bond donors (Lipinski definition) is 1. The third kappa shape index (κ3) is 5.60. The summed E-state index contributed by atoms with van der Waals surface area (Å²) in [4.78, 5) is 24.5. The van der Waals surface area contributed by atoms with E-state index in [-0.39, 0.29) is 11.3 Å². The minimum absolute atomic E-state index is 0.0712. The van der Waals surface area contributed by atoms with Crippen LogP contribution in [0.3, 0.4) is 0 Å². The topological polar surface area (TPSA) is 103 Å². The van der Waals surface area contributed by atoms with E-state index in [2.05, 4.69) is 25.4 Å². The van der Waals surface area contributed by atoms with E-state index in [9.17, 15) is 4.79 Å². The summed E-state index contributed by atoms with van der Waals surface area (Å²) in [5.41, 5.74) is 0.548. The maximum atomic E-state index is 12.1. The lowest BCUT2D eigenvalue weighted by molar-refractivity contribution is -0.116. The van der Waals surface area contributed by atoms with Crippen molar-refractivity contribution in [1.29, 1.82) is 0 Å². The Balaban J connectivity index is 1.44. The van der Waals surface area contributed by atoms with Crippen LogP contribution in [0.15, 0.2) is 47.4 Å². The molecule has 1 N–H and O–H groups in total. The number of ether oxygens (including phenoxy) is 1. The number of rotatable bonds is 7. The summed E-state index contributed by atoms with van der Waals surface area (Å²) in [5, 5.41) is 6.84. The maximum Gasteiger partial charge on any atom is 0.237 e. The van der Waals surface area contributed by atoms with Gasteiger partial charge in [0.15, 0.2) is 5.82 Å². The molecule has 0 saturated carbocycles. The lowest BCUT2D eigenvalue weighted by Gasteiger charge is -2.10. The fourth-order valence-electron chi connectivity index (χ4n) is 2.35. The Morgan fingerprint density at radius 2 is 1.96 bits per heavy atom. The third-order valence-electron chi connectivity index (χ3n) is 3.83. The fourth-order valence-corrected chi connectivity index (χ4v) is 2.35. The molecule has 0 bridgehead atoms. The predicted octanol–water partition coefficient (Wildman–Crippen LogP) is 3.91. The average Bonchev–Trinajstić information content (AvgIpc) is 3.14. The molecule has 1 amide bonds. The van der Waals surface area contributed by atoms with Crippen molar-refractivity contribution in [2.75, 3.05) is 5.32 Å². The van der Waals surface area contributed by atoms with E-state index in [4.69, 9.17) is 9.26 Å².